The van der Waals surface area contributed by atoms with Gasteiger partial charge in [-0.15, -0.1) is 24.8 Å². The molecule has 0 spiro atoms. The lowest BCUT2D eigenvalue weighted by atomic mass is 10.1. The normalized spacial score (nSPS) is 14.3. The predicted molar refractivity (Wildman–Crippen MR) is 113 cm³/mol. The van der Waals surface area contributed by atoms with Crippen LogP contribution in [0.25, 0.3) is 0 Å². The minimum atomic E-state index is 0. The van der Waals surface area contributed by atoms with Crippen LogP contribution in [0.3, 0.4) is 0 Å². The molecule has 0 aromatic heterocycles. The van der Waals surface area contributed by atoms with Crippen molar-refractivity contribution in [3.8, 4) is 0 Å². The number of halogens is 3. The number of benzene rings is 2. The molecule has 7 heteroatoms. The van der Waals surface area contributed by atoms with E-state index in [1.54, 1.807) is 6.07 Å². The molecule has 26 heavy (non-hydrogen) atoms. The SMILES string of the molecule is Cc1ccc(N)cc1C(=O)N1CCN(Cc2ccc(Cl)cc2)CC1.Cl.Cl. The Kier molecular flexibility index (Phi) is 8.71. The first-order chi connectivity index (χ1) is 11.5. The highest BCUT2D eigenvalue weighted by molar-refractivity contribution is 6.30. The minimum Gasteiger partial charge on any atom is -0.399 e. The van der Waals surface area contributed by atoms with Crippen molar-refractivity contribution in [1.29, 1.82) is 0 Å². The molecule has 1 aliphatic heterocycles. The lowest BCUT2D eigenvalue weighted by molar-refractivity contribution is 0.0628. The van der Waals surface area contributed by atoms with Crippen molar-refractivity contribution in [2.45, 2.75) is 13.5 Å². The number of nitrogens with two attached hydrogens (primary N) is 1. The van der Waals surface area contributed by atoms with E-state index >= 15 is 0 Å². The Morgan fingerprint density at radius 3 is 2.27 bits per heavy atom. The smallest absolute Gasteiger partial charge is 0.254 e. The highest BCUT2D eigenvalue weighted by atomic mass is 35.5. The van der Waals surface area contributed by atoms with Gasteiger partial charge in [0.1, 0.15) is 0 Å². The molecule has 0 radical (unpaired) electrons. The number of nitrogens with zero attached hydrogens (tertiary/aromatic N) is 2. The van der Waals surface area contributed by atoms with Crippen LogP contribution in [-0.2, 0) is 6.54 Å². The lowest BCUT2D eigenvalue weighted by Gasteiger charge is -2.35. The summed E-state index contributed by atoms with van der Waals surface area (Å²) in [6.45, 7) is 6.05. The van der Waals surface area contributed by atoms with Crippen LogP contribution < -0.4 is 5.73 Å². The van der Waals surface area contributed by atoms with Gasteiger partial charge in [-0.2, -0.15) is 0 Å². The maximum Gasteiger partial charge on any atom is 0.254 e. The summed E-state index contributed by atoms with van der Waals surface area (Å²) in [5.74, 6) is 0.0749. The standard InChI is InChI=1S/C19H22ClN3O.2ClH/c1-14-2-7-17(21)12-18(14)19(24)23-10-8-22(9-11-23)13-15-3-5-16(20)6-4-15;;/h2-7,12H,8-11,13,21H2,1H3;2*1H. The van der Waals surface area contributed by atoms with Gasteiger partial charge < -0.3 is 10.6 Å². The summed E-state index contributed by atoms with van der Waals surface area (Å²) >= 11 is 5.92. The zero-order valence-electron chi connectivity index (χ0n) is 14.7. The largest absolute Gasteiger partial charge is 0.399 e. The van der Waals surface area contributed by atoms with Crippen LogP contribution in [-0.4, -0.2) is 41.9 Å². The Morgan fingerprint density at radius 2 is 1.65 bits per heavy atom. The number of aryl methyl sites for hydroxylation is 1. The molecule has 0 atom stereocenters. The van der Waals surface area contributed by atoms with Gasteiger partial charge in [-0.05, 0) is 42.3 Å². The molecule has 1 heterocycles. The monoisotopic (exact) mass is 415 g/mol. The van der Waals surface area contributed by atoms with Crippen molar-refractivity contribution in [3.63, 3.8) is 0 Å². The summed E-state index contributed by atoms with van der Waals surface area (Å²) < 4.78 is 0. The molecule has 0 bridgehead atoms. The molecule has 0 aliphatic carbocycles. The first-order valence-corrected chi connectivity index (χ1v) is 8.53. The van der Waals surface area contributed by atoms with Gasteiger partial charge in [-0.3, -0.25) is 9.69 Å². The van der Waals surface area contributed by atoms with Gasteiger partial charge in [-0.1, -0.05) is 29.8 Å². The molecule has 4 nitrogen and oxygen atoms in total. The van der Waals surface area contributed by atoms with Gasteiger partial charge in [0.05, 0.1) is 0 Å². The number of anilines is 1. The first kappa shape index (κ1) is 22.6. The molecule has 1 amide bonds. The van der Waals surface area contributed by atoms with E-state index < -0.39 is 0 Å². The molecule has 2 aromatic carbocycles. The molecular weight excluding hydrogens is 393 g/mol. The molecule has 3 rings (SSSR count). The average Bonchev–Trinajstić information content (AvgIpc) is 2.59. The summed E-state index contributed by atoms with van der Waals surface area (Å²) in [5.41, 5.74) is 9.38. The van der Waals surface area contributed by atoms with Crippen molar-refractivity contribution >= 4 is 48.0 Å². The van der Waals surface area contributed by atoms with Gasteiger partial charge in [0.25, 0.3) is 5.91 Å². The van der Waals surface area contributed by atoms with Gasteiger partial charge in [-0.25, -0.2) is 0 Å². The van der Waals surface area contributed by atoms with Crippen molar-refractivity contribution in [3.05, 3.63) is 64.2 Å². The molecule has 142 valence electrons. The topological polar surface area (TPSA) is 49.6 Å². The Morgan fingerprint density at radius 1 is 1.04 bits per heavy atom. The third kappa shape index (κ3) is 5.52. The highest BCUT2D eigenvalue weighted by Gasteiger charge is 2.23. The van der Waals surface area contributed by atoms with E-state index in [2.05, 4.69) is 17.0 Å². The summed E-state index contributed by atoms with van der Waals surface area (Å²) in [6.07, 6.45) is 0. The van der Waals surface area contributed by atoms with Crippen LogP contribution in [0.2, 0.25) is 5.02 Å². The second kappa shape index (κ2) is 10.0. The van der Waals surface area contributed by atoms with Gasteiger partial charge in [0, 0.05) is 49.0 Å². The van der Waals surface area contributed by atoms with Crippen molar-refractivity contribution in [2.75, 3.05) is 31.9 Å². The van der Waals surface area contributed by atoms with Crippen molar-refractivity contribution < 1.29 is 4.79 Å². The maximum atomic E-state index is 12.7. The average molecular weight is 417 g/mol. The quantitative estimate of drug-likeness (QED) is 0.768. The number of piperazine rings is 1. The van der Waals surface area contributed by atoms with Crippen LogP contribution in [0.1, 0.15) is 21.5 Å². The fourth-order valence-corrected chi connectivity index (χ4v) is 3.12. The number of nitrogen functional groups attached to an aromatic ring is 1. The fraction of sp³-hybridized carbons (Fsp3) is 0.316. The Hall–Kier alpha value is -1.46. The van der Waals surface area contributed by atoms with Gasteiger partial charge in [0.15, 0.2) is 0 Å². The van der Waals surface area contributed by atoms with Crippen LogP contribution in [0.15, 0.2) is 42.5 Å². The number of carbonyl (C=O) groups excluding carboxylic acids is 1. The van der Waals surface area contributed by atoms with Crippen LogP contribution >= 0.6 is 36.4 Å². The number of carbonyl (C=O) groups is 1. The Labute approximate surface area is 172 Å². The van der Waals surface area contributed by atoms with Crippen molar-refractivity contribution in [2.24, 2.45) is 0 Å². The fourth-order valence-electron chi connectivity index (χ4n) is 3.00. The molecule has 1 aliphatic rings. The van der Waals surface area contributed by atoms with E-state index in [9.17, 15) is 4.79 Å². The van der Waals surface area contributed by atoms with E-state index in [1.807, 2.05) is 36.1 Å². The molecule has 0 unspecified atom stereocenters. The number of hydrogen-bond acceptors (Lipinski definition) is 3. The summed E-state index contributed by atoms with van der Waals surface area (Å²) in [4.78, 5) is 17.0. The van der Waals surface area contributed by atoms with Crippen LogP contribution in [0.4, 0.5) is 5.69 Å². The zero-order chi connectivity index (χ0) is 17.1. The second-order valence-corrected chi connectivity index (χ2v) is 6.71. The lowest BCUT2D eigenvalue weighted by Crippen LogP contribution is -2.48. The van der Waals surface area contributed by atoms with E-state index in [0.29, 0.717) is 11.3 Å². The third-order valence-corrected chi connectivity index (χ3v) is 4.72. The molecule has 2 aromatic rings. The Balaban J connectivity index is 0.00000169. The molecule has 1 fully saturated rings. The summed E-state index contributed by atoms with van der Waals surface area (Å²) in [6, 6.07) is 13.4. The first-order valence-electron chi connectivity index (χ1n) is 8.15. The van der Waals surface area contributed by atoms with E-state index in [-0.39, 0.29) is 30.7 Å². The molecular formula is C19H24Cl3N3O. The number of rotatable bonds is 3. The Bertz CT molecular complexity index is 729. The maximum absolute atomic E-state index is 12.7. The minimum absolute atomic E-state index is 0. The molecule has 1 saturated heterocycles. The van der Waals surface area contributed by atoms with Crippen LogP contribution in [0, 0.1) is 6.92 Å². The van der Waals surface area contributed by atoms with Gasteiger partial charge in [0.2, 0.25) is 0 Å². The number of amides is 1. The van der Waals surface area contributed by atoms with E-state index in [1.165, 1.54) is 5.56 Å². The van der Waals surface area contributed by atoms with Crippen molar-refractivity contribution in [1.82, 2.24) is 9.80 Å². The predicted octanol–water partition coefficient (Wildman–Crippen LogP) is 4.03. The zero-order valence-corrected chi connectivity index (χ0v) is 17.0. The molecule has 2 N–H and O–H groups in total. The third-order valence-electron chi connectivity index (χ3n) is 4.47. The number of hydrogen-bond donors (Lipinski definition) is 1. The van der Waals surface area contributed by atoms with E-state index in [0.717, 1.165) is 43.3 Å². The summed E-state index contributed by atoms with van der Waals surface area (Å²) in [5, 5.41) is 0.756. The van der Waals surface area contributed by atoms with E-state index in [4.69, 9.17) is 17.3 Å². The van der Waals surface area contributed by atoms with Crippen LogP contribution in [0.5, 0.6) is 0 Å². The summed E-state index contributed by atoms with van der Waals surface area (Å²) in [7, 11) is 0. The molecule has 0 saturated carbocycles. The van der Waals surface area contributed by atoms with Gasteiger partial charge >= 0.3 is 0 Å². The second-order valence-electron chi connectivity index (χ2n) is 6.27. The highest BCUT2D eigenvalue weighted by Crippen LogP contribution is 2.17.